The monoisotopic (exact) mass is 448 g/mol. The number of hydrogen-bond donors (Lipinski definition) is 3. The van der Waals surface area contributed by atoms with Crippen molar-refractivity contribution in [1.82, 2.24) is 25.8 Å². The minimum absolute atomic E-state index is 0.193. The summed E-state index contributed by atoms with van der Waals surface area (Å²) in [4.78, 5) is 8.99. The lowest BCUT2D eigenvalue weighted by Gasteiger charge is -2.17. The highest BCUT2D eigenvalue weighted by atomic mass is 16.5. The zero-order valence-electron chi connectivity index (χ0n) is 19.3. The largest absolute Gasteiger partial charge is 0.491 e. The fraction of sp³-hybridized carbons (Fsp3) is 0.400. The number of rotatable bonds is 9. The Balaban J connectivity index is 1.40. The maximum Gasteiger partial charge on any atom is 0.191 e. The van der Waals surface area contributed by atoms with Gasteiger partial charge in [-0.3, -0.25) is 5.10 Å². The second kappa shape index (κ2) is 11.5. The van der Waals surface area contributed by atoms with Gasteiger partial charge in [-0.25, -0.2) is 9.98 Å². The van der Waals surface area contributed by atoms with Gasteiger partial charge in [-0.2, -0.15) is 5.10 Å². The van der Waals surface area contributed by atoms with Crippen molar-refractivity contribution in [3.63, 3.8) is 0 Å². The van der Waals surface area contributed by atoms with E-state index in [0.717, 1.165) is 60.2 Å². The number of aliphatic imine (C=N–C) groups is 1. The first kappa shape index (κ1) is 22.8. The fourth-order valence-electron chi connectivity index (χ4n) is 3.75. The first-order valence-corrected chi connectivity index (χ1v) is 11.5. The number of nitrogens with zero attached hydrogens (tertiary/aromatic N) is 3. The quantitative estimate of drug-likeness (QED) is 0.342. The number of aromatic nitrogens is 3. The van der Waals surface area contributed by atoms with Crippen LogP contribution in [0.2, 0.25) is 0 Å². The second-order valence-corrected chi connectivity index (χ2v) is 8.14. The molecule has 8 heteroatoms. The predicted octanol–water partition coefficient (Wildman–Crippen LogP) is 3.59. The standard InChI is InChI=1S/C25H32N6O2/c1-3-26-25(27-14-19-6-4-7-20(13-19)24-29-17-30-31-24)28-15-21-10-9-18(2)12-23(21)33-16-22-8-5-11-32-22/h4,6-7,9-10,12-13,17,22H,3,5,8,11,14-16H2,1-2H3,(H2,26,27,28)(H,29,30,31). The van der Waals surface area contributed by atoms with Crippen molar-refractivity contribution >= 4 is 5.96 Å². The van der Waals surface area contributed by atoms with Gasteiger partial charge in [0, 0.05) is 30.8 Å². The van der Waals surface area contributed by atoms with E-state index in [4.69, 9.17) is 14.5 Å². The van der Waals surface area contributed by atoms with Gasteiger partial charge in [0.25, 0.3) is 0 Å². The van der Waals surface area contributed by atoms with Crippen LogP contribution in [0.15, 0.2) is 53.8 Å². The minimum Gasteiger partial charge on any atom is -0.491 e. The van der Waals surface area contributed by atoms with Gasteiger partial charge in [-0.15, -0.1) is 0 Å². The van der Waals surface area contributed by atoms with Crippen molar-refractivity contribution in [2.75, 3.05) is 19.8 Å². The normalized spacial score (nSPS) is 16.1. The van der Waals surface area contributed by atoms with Crippen LogP contribution in [0.5, 0.6) is 5.75 Å². The zero-order valence-corrected chi connectivity index (χ0v) is 19.3. The van der Waals surface area contributed by atoms with Gasteiger partial charge in [0.2, 0.25) is 0 Å². The first-order chi connectivity index (χ1) is 16.2. The third kappa shape index (κ3) is 6.55. The van der Waals surface area contributed by atoms with Crippen LogP contribution in [-0.2, 0) is 17.8 Å². The minimum atomic E-state index is 0.193. The van der Waals surface area contributed by atoms with Crippen LogP contribution in [0.4, 0.5) is 0 Å². The molecule has 1 aliphatic rings. The third-order valence-electron chi connectivity index (χ3n) is 5.50. The third-order valence-corrected chi connectivity index (χ3v) is 5.50. The van der Waals surface area contributed by atoms with Crippen LogP contribution in [0, 0.1) is 6.92 Å². The molecule has 3 N–H and O–H groups in total. The van der Waals surface area contributed by atoms with E-state index in [2.05, 4.69) is 70.0 Å². The van der Waals surface area contributed by atoms with Crippen LogP contribution in [0.1, 0.15) is 36.5 Å². The summed E-state index contributed by atoms with van der Waals surface area (Å²) in [5, 5.41) is 13.6. The number of hydrogen-bond acceptors (Lipinski definition) is 5. The molecular formula is C25H32N6O2. The van der Waals surface area contributed by atoms with E-state index in [-0.39, 0.29) is 6.10 Å². The van der Waals surface area contributed by atoms with Gasteiger partial charge in [0.15, 0.2) is 11.8 Å². The lowest BCUT2D eigenvalue weighted by atomic mass is 10.1. The van der Waals surface area contributed by atoms with Crippen molar-refractivity contribution in [2.24, 2.45) is 4.99 Å². The summed E-state index contributed by atoms with van der Waals surface area (Å²) < 4.78 is 11.8. The Morgan fingerprint density at radius 3 is 2.97 bits per heavy atom. The Morgan fingerprint density at radius 2 is 2.18 bits per heavy atom. The van der Waals surface area contributed by atoms with Gasteiger partial charge in [0.05, 0.1) is 12.6 Å². The van der Waals surface area contributed by atoms with Crippen molar-refractivity contribution in [3.8, 4) is 17.1 Å². The molecule has 4 rings (SSSR count). The summed E-state index contributed by atoms with van der Waals surface area (Å²) in [5.41, 5.74) is 4.35. The summed E-state index contributed by atoms with van der Waals surface area (Å²) in [6.45, 7) is 7.50. The van der Waals surface area contributed by atoms with Crippen LogP contribution < -0.4 is 15.4 Å². The van der Waals surface area contributed by atoms with E-state index < -0.39 is 0 Å². The maximum atomic E-state index is 6.13. The van der Waals surface area contributed by atoms with E-state index in [1.165, 1.54) is 11.9 Å². The Morgan fingerprint density at radius 1 is 1.24 bits per heavy atom. The molecule has 0 amide bonds. The molecule has 8 nitrogen and oxygen atoms in total. The van der Waals surface area contributed by atoms with E-state index in [1.807, 2.05) is 12.1 Å². The summed E-state index contributed by atoms with van der Waals surface area (Å²) in [7, 11) is 0. The Labute approximate surface area is 194 Å². The first-order valence-electron chi connectivity index (χ1n) is 11.5. The van der Waals surface area contributed by atoms with Gasteiger partial charge < -0.3 is 20.1 Å². The molecule has 0 spiro atoms. The highest BCUT2D eigenvalue weighted by Crippen LogP contribution is 2.22. The van der Waals surface area contributed by atoms with Crippen molar-refractivity contribution in [2.45, 2.75) is 45.9 Å². The number of benzene rings is 2. The molecule has 1 aromatic heterocycles. The number of aryl methyl sites for hydroxylation is 1. The number of aromatic amines is 1. The Kier molecular flexibility index (Phi) is 7.92. The Bertz CT molecular complexity index is 1040. The number of H-pyrrole nitrogens is 1. The van der Waals surface area contributed by atoms with Crippen LogP contribution in [0.25, 0.3) is 11.4 Å². The summed E-state index contributed by atoms with van der Waals surface area (Å²) in [5.74, 6) is 2.41. The average Bonchev–Trinajstić information content (AvgIpc) is 3.55. The molecule has 0 radical (unpaired) electrons. The summed E-state index contributed by atoms with van der Waals surface area (Å²) in [6.07, 6.45) is 3.88. The van der Waals surface area contributed by atoms with Crippen molar-refractivity contribution in [1.29, 1.82) is 0 Å². The van der Waals surface area contributed by atoms with E-state index in [0.29, 0.717) is 19.7 Å². The van der Waals surface area contributed by atoms with Gasteiger partial charge >= 0.3 is 0 Å². The smallest absolute Gasteiger partial charge is 0.191 e. The molecule has 3 aromatic rings. The molecule has 2 aromatic carbocycles. The van der Waals surface area contributed by atoms with E-state index in [1.54, 1.807) is 0 Å². The van der Waals surface area contributed by atoms with Gasteiger partial charge in [-0.1, -0.05) is 30.3 Å². The number of ether oxygens (including phenoxy) is 2. The molecule has 33 heavy (non-hydrogen) atoms. The fourth-order valence-corrected chi connectivity index (χ4v) is 3.75. The molecule has 1 atom stereocenters. The van der Waals surface area contributed by atoms with Crippen LogP contribution in [0.3, 0.4) is 0 Å². The lowest BCUT2D eigenvalue weighted by Crippen LogP contribution is -2.36. The number of nitrogens with one attached hydrogen (secondary N) is 3. The molecular weight excluding hydrogens is 416 g/mol. The molecule has 0 saturated carbocycles. The van der Waals surface area contributed by atoms with Gasteiger partial charge in [-0.05, 0) is 49.9 Å². The molecule has 1 unspecified atom stereocenters. The van der Waals surface area contributed by atoms with E-state index >= 15 is 0 Å². The lowest BCUT2D eigenvalue weighted by molar-refractivity contribution is 0.0676. The van der Waals surface area contributed by atoms with Crippen LogP contribution >= 0.6 is 0 Å². The zero-order chi connectivity index (χ0) is 22.9. The highest BCUT2D eigenvalue weighted by molar-refractivity contribution is 5.79. The molecule has 2 heterocycles. The summed E-state index contributed by atoms with van der Waals surface area (Å²) >= 11 is 0. The summed E-state index contributed by atoms with van der Waals surface area (Å²) in [6, 6.07) is 14.5. The Hall–Kier alpha value is -3.39. The molecule has 1 saturated heterocycles. The average molecular weight is 449 g/mol. The van der Waals surface area contributed by atoms with Crippen LogP contribution in [-0.4, -0.2) is 47.0 Å². The molecule has 0 bridgehead atoms. The maximum absolute atomic E-state index is 6.13. The van der Waals surface area contributed by atoms with Crippen molar-refractivity contribution < 1.29 is 9.47 Å². The molecule has 1 aliphatic heterocycles. The van der Waals surface area contributed by atoms with E-state index in [9.17, 15) is 0 Å². The second-order valence-electron chi connectivity index (χ2n) is 8.14. The van der Waals surface area contributed by atoms with Gasteiger partial charge in [0.1, 0.15) is 18.7 Å². The molecule has 0 aliphatic carbocycles. The number of guanidine groups is 1. The van der Waals surface area contributed by atoms with Crippen molar-refractivity contribution in [3.05, 3.63) is 65.5 Å². The highest BCUT2D eigenvalue weighted by Gasteiger charge is 2.17. The SMILES string of the molecule is CCNC(=NCc1cccc(-c2ncn[nH]2)c1)NCc1ccc(C)cc1OCC1CCCO1. The molecule has 1 fully saturated rings. The molecule has 174 valence electrons. The predicted molar refractivity (Wildman–Crippen MR) is 129 cm³/mol. The topological polar surface area (TPSA) is 96.5 Å².